The first-order chi connectivity index (χ1) is 14.8. The number of aryl methyl sites for hydroxylation is 1. The van der Waals surface area contributed by atoms with Crippen molar-refractivity contribution in [2.24, 2.45) is 0 Å². The van der Waals surface area contributed by atoms with Gasteiger partial charge in [-0.05, 0) is 63.5 Å². The molecule has 0 radical (unpaired) electrons. The van der Waals surface area contributed by atoms with Crippen LogP contribution in [0.5, 0.6) is 0 Å². The summed E-state index contributed by atoms with van der Waals surface area (Å²) in [5.74, 6) is 1.94. The summed E-state index contributed by atoms with van der Waals surface area (Å²) in [5.41, 5.74) is 3.58. The summed E-state index contributed by atoms with van der Waals surface area (Å²) in [5, 5.41) is 0.724. The van der Waals surface area contributed by atoms with E-state index in [4.69, 9.17) is 31.0 Å². The normalized spacial score (nSPS) is 20.9. The number of hydrogen-bond donors (Lipinski definition) is 0. The molecule has 5 rings (SSSR count). The van der Waals surface area contributed by atoms with Crippen molar-refractivity contribution in [3.8, 4) is 11.4 Å². The van der Waals surface area contributed by atoms with E-state index in [1.807, 2.05) is 24.3 Å². The predicted molar refractivity (Wildman–Crippen MR) is 119 cm³/mol. The van der Waals surface area contributed by atoms with Gasteiger partial charge < -0.3 is 14.4 Å². The Balaban J connectivity index is 1.35. The van der Waals surface area contributed by atoms with E-state index in [0.717, 1.165) is 87.1 Å². The first kappa shape index (κ1) is 20.2. The lowest BCUT2D eigenvalue weighted by Crippen LogP contribution is -2.40. The quantitative estimate of drug-likeness (QED) is 0.698. The summed E-state index contributed by atoms with van der Waals surface area (Å²) in [6.45, 7) is 3.66. The maximum Gasteiger partial charge on any atom is 0.161 e. The minimum absolute atomic E-state index is 0.356. The van der Waals surface area contributed by atoms with Crippen molar-refractivity contribution in [3.63, 3.8) is 0 Å². The molecule has 5 nitrogen and oxygen atoms in total. The molecule has 2 fully saturated rings. The van der Waals surface area contributed by atoms with Gasteiger partial charge in [0.1, 0.15) is 5.82 Å². The molecule has 30 heavy (non-hydrogen) atoms. The van der Waals surface area contributed by atoms with E-state index < -0.39 is 0 Å². The molecule has 3 aliphatic rings. The van der Waals surface area contributed by atoms with Crippen molar-refractivity contribution >= 4 is 17.4 Å². The molecule has 2 aliphatic heterocycles. The lowest BCUT2D eigenvalue weighted by molar-refractivity contribution is -0.0744. The number of benzene rings is 1. The second kappa shape index (κ2) is 9.21. The molecular formula is C24H30ClN3O2. The van der Waals surface area contributed by atoms with Gasteiger partial charge in [-0.2, -0.15) is 0 Å². The van der Waals surface area contributed by atoms with Crippen LogP contribution in [0.1, 0.15) is 49.8 Å². The highest BCUT2D eigenvalue weighted by atomic mass is 35.5. The van der Waals surface area contributed by atoms with E-state index in [0.29, 0.717) is 12.2 Å². The van der Waals surface area contributed by atoms with Crippen molar-refractivity contribution in [2.75, 3.05) is 31.2 Å². The SMILES string of the molecule is Clc1cccc(-c2nc3c(c(N4CCC(OC5CCOCC5)CC4)n2)CCCC3)c1. The third kappa shape index (κ3) is 4.48. The zero-order valence-electron chi connectivity index (χ0n) is 17.5. The first-order valence-corrected chi connectivity index (χ1v) is 11.8. The average Bonchev–Trinajstić information content (AvgIpc) is 2.80. The minimum Gasteiger partial charge on any atom is -0.381 e. The summed E-state index contributed by atoms with van der Waals surface area (Å²) in [6, 6.07) is 7.88. The number of rotatable bonds is 4. The smallest absolute Gasteiger partial charge is 0.161 e. The van der Waals surface area contributed by atoms with Gasteiger partial charge >= 0.3 is 0 Å². The number of aromatic nitrogens is 2. The van der Waals surface area contributed by atoms with Gasteiger partial charge in [0.2, 0.25) is 0 Å². The molecule has 3 heterocycles. The third-order valence-electron chi connectivity index (χ3n) is 6.54. The first-order valence-electron chi connectivity index (χ1n) is 11.4. The largest absolute Gasteiger partial charge is 0.381 e. The molecule has 6 heteroatoms. The summed E-state index contributed by atoms with van der Waals surface area (Å²) < 4.78 is 11.8. The maximum atomic E-state index is 6.38. The molecule has 160 valence electrons. The van der Waals surface area contributed by atoms with Crippen LogP contribution in [0.15, 0.2) is 24.3 Å². The standard InChI is InChI=1S/C24H30ClN3O2/c25-18-5-3-4-17(16-18)23-26-22-7-2-1-6-21(22)24(27-23)28-12-8-19(9-13-28)30-20-10-14-29-15-11-20/h3-5,16,19-20H,1-2,6-15H2. The molecule has 0 unspecified atom stereocenters. The van der Waals surface area contributed by atoms with E-state index in [9.17, 15) is 0 Å². The van der Waals surface area contributed by atoms with Gasteiger partial charge in [-0.3, -0.25) is 0 Å². The highest BCUT2D eigenvalue weighted by molar-refractivity contribution is 6.30. The Morgan fingerprint density at radius 1 is 0.967 bits per heavy atom. The Kier molecular flexibility index (Phi) is 6.21. The van der Waals surface area contributed by atoms with Crippen molar-refractivity contribution < 1.29 is 9.47 Å². The number of piperidine rings is 1. The lowest BCUT2D eigenvalue weighted by Gasteiger charge is -2.37. The Morgan fingerprint density at radius 2 is 1.73 bits per heavy atom. The van der Waals surface area contributed by atoms with Gasteiger partial charge in [0.25, 0.3) is 0 Å². The Labute approximate surface area is 183 Å². The number of anilines is 1. The van der Waals surface area contributed by atoms with Crippen molar-refractivity contribution in [1.82, 2.24) is 9.97 Å². The van der Waals surface area contributed by atoms with Crippen LogP contribution in [0.4, 0.5) is 5.82 Å². The van der Waals surface area contributed by atoms with Crippen LogP contribution < -0.4 is 4.90 Å². The molecule has 1 aliphatic carbocycles. The van der Waals surface area contributed by atoms with Crippen molar-refractivity contribution in [1.29, 1.82) is 0 Å². The minimum atomic E-state index is 0.356. The summed E-state index contributed by atoms with van der Waals surface area (Å²) in [7, 11) is 0. The molecule has 0 spiro atoms. The highest BCUT2D eigenvalue weighted by Crippen LogP contribution is 2.33. The Morgan fingerprint density at radius 3 is 2.53 bits per heavy atom. The summed E-state index contributed by atoms with van der Waals surface area (Å²) >= 11 is 6.23. The zero-order valence-corrected chi connectivity index (χ0v) is 18.2. The molecule has 0 N–H and O–H groups in total. The Hall–Kier alpha value is -1.69. The van der Waals surface area contributed by atoms with Gasteiger partial charge in [0.15, 0.2) is 5.82 Å². The van der Waals surface area contributed by atoms with E-state index in [1.54, 1.807) is 0 Å². The fourth-order valence-electron chi connectivity index (χ4n) is 4.88. The van der Waals surface area contributed by atoms with Crippen LogP contribution in [-0.2, 0) is 22.3 Å². The maximum absolute atomic E-state index is 6.38. The molecular weight excluding hydrogens is 398 g/mol. The number of ether oxygens (including phenoxy) is 2. The second-order valence-corrected chi connectivity index (χ2v) is 9.08. The van der Waals surface area contributed by atoms with Crippen LogP contribution in [0, 0.1) is 0 Å². The van der Waals surface area contributed by atoms with Crippen molar-refractivity contribution in [3.05, 3.63) is 40.5 Å². The molecule has 1 aromatic heterocycles. The summed E-state index contributed by atoms with van der Waals surface area (Å²) in [4.78, 5) is 12.5. The Bertz CT molecular complexity index is 877. The fourth-order valence-corrected chi connectivity index (χ4v) is 5.07. The molecule has 2 saturated heterocycles. The van der Waals surface area contributed by atoms with Crippen LogP contribution in [0.3, 0.4) is 0 Å². The number of hydrogen-bond acceptors (Lipinski definition) is 5. The van der Waals surface area contributed by atoms with E-state index >= 15 is 0 Å². The van der Waals surface area contributed by atoms with Crippen molar-refractivity contribution in [2.45, 2.75) is 63.6 Å². The lowest BCUT2D eigenvalue weighted by atomic mass is 9.95. The van der Waals surface area contributed by atoms with Crippen LogP contribution >= 0.6 is 11.6 Å². The highest BCUT2D eigenvalue weighted by Gasteiger charge is 2.28. The molecule has 0 saturated carbocycles. The second-order valence-electron chi connectivity index (χ2n) is 8.65. The molecule has 1 aromatic carbocycles. The van der Waals surface area contributed by atoms with Gasteiger partial charge in [-0.1, -0.05) is 23.7 Å². The van der Waals surface area contributed by atoms with Gasteiger partial charge in [0, 0.05) is 48.1 Å². The van der Waals surface area contributed by atoms with Crippen LogP contribution in [-0.4, -0.2) is 48.5 Å². The average molecular weight is 428 g/mol. The zero-order chi connectivity index (χ0) is 20.3. The van der Waals surface area contributed by atoms with Gasteiger partial charge in [-0.15, -0.1) is 0 Å². The van der Waals surface area contributed by atoms with Gasteiger partial charge in [-0.25, -0.2) is 9.97 Å². The molecule has 0 amide bonds. The van der Waals surface area contributed by atoms with E-state index in [1.165, 1.54) is 24.1 Å². The van der Waals surface area contributed by atoms with Crippen LogP contribution in [0.2, 0.25) is 5.02 Å². The van der Waals surface area contributed by atoms with E-state index in [2.05, 4.69) is 4.90 Å². The number of nitrogens with zero attached hydrogens (tertiary/aromatic N) is 3. The summed E-state index contributed by atoms with van der Waals surface area (Å²) in [6.07, 6.45) is 9.46. The molecule has 0 bridgehead atoms. The molecule has 0 atom stereocenters. The third-order valence-corrected chi connectivity index (χ3v) is 6.77. The van der Waals surface area contributed by atoms with E-state index in [-0.39, 0.29) is 0 Å². The molecule has 2 aromatic rings. The topological polar surface area (TPSA) is 47.5 Å². The van der Waals surface area contributed by atoms with Crippen LogP contribution in [0.25, 0.3) is 11.4 Å². The monoisotopic (exact) mass is 427 g/mol. The fraction of sp³-hybridized carbons (Fsp3) is 0.583. The van der Waals surface area contributed by atoms with Gasteiger partial charge in [0.05, 0.1) is 12.2 Å². The number of halogens is 1. The number of fused-ring (bicyclic) bond motifs is 1. The predicted octanol–water partition coefficient (Wildman–Crippen LogP) is 4.84.